The summed E-state index contributed by atoms with van der Waals surface area (Å²) in [7, 11) is 1.55. The SMILES string of the molecule is CO[C@H](C)c1nc(Cl)cc(-c2ccccc2F)n1. The molecule has 3 nitrogen and oxygen atoms in total. The van der Waals surface area contributed by atoms with Gasteiger partial charge in [0.25, 0.3) is 0 Å². The molecule has 0 N–H and O–H groups in total. The van der Waals surface area contributed by atoms with Crippen LogP contribution in [0.4, 0.5) is 4.39 Å². The first-order valence-electron chi connectivity index (χ1n) is 5.44. The van der Waals surface area contributed by atoms with Gasteiger partial charge in [0.15, 0.2) is 5.82 Å². The number of benzene rings is 1. The number of halogens is 2. The van der Waals surface area contributed by atoms with Crippen LogP contribution in [0, 0.1) is 5.82 Å². The fourth-order valence-electron chi connectivity index (χ4n) is 1.53. The van der Waals surface area contributed by atoms with Crippen LogP contribution in [-0.2, 0) is 4.74 Å². The third kappa shape index (κ3) is 2.66. The molecular formula is C13H12ClFN2O. The molecule has 0 amide bonds. The second kappa shape index (κ2) is 5.42. The zero-order valence-electron chi connectivity index (χ0n) is 10.0. The molecule has 0 bridgehead atoms. The summed E-state index contributed by atoms with van der Waals surface area (Å²) in [6, 6.07) is 7.93. The maximum Gasteiger partial charge on any atom is 0.159 e. The van der Waals surface area contributed by atoms with Gasteiger partial charge in [-0.15, -0.1) is 0 Å². The molecule has 1 heterocycles. The maximum absolute atomic E-state index is 13.7. The van der Waals surface area contributed by atoms with E-state index in [9.17, 15) is 4.39 Å². The molecule has 1 aromatic carbocycles. The van der Waals surface area contributed by atoms with Crippen molar-refractivity contribution < 1.29 is 9.13 Å². The molecule has 1 atom stereocenters. The second-order valence-corrected chi connectivity index (χ2v) is 4.18. The molecule has 0 spiro atoms. The van der Waals surface area contributed by atoms with Crippen LogP contribution in [-0.4, -0.2) is 17.1 Å². The van der Waals surface area contributed by atoms with Gasteiger partial charge in [-0.1, -0.05) is 23.7 Å². The van der Waals surface area contributed by atoms with Crippen LogP contribution in [0.3, 0.4) is 0 Å². The van der Waals surface area contributed by atoms with E-state index in [4.69, 9.17) is 16.3 Å². The molecular weight excluding hydrogens is 255 g/mol. The summed E-state index contributed by atoms with van der Waals surface area (Å²) in [5.74, 6) is 0.0894. The Morgan fingerprint density at radius 2 is 2.00 bits per heavy atom. The summed E-state index contributed by atoms with van der Waals surface area (Å²) in [5.41, 5.74) is 0.846. The molecule has 0 aliphatic carbocycles. The van der Waals surface area contributed by atoms with E-state index in [1.807, 2.05) is 0 Å². The average molecular weight is 267 g/mol. The summed E-state index contributed by atoms with van der Waals surface area (Å²) in [4.78, 5) is 8.34. The first-order chi connectivity index (χ1) is 8.61. The molecule has 0 saturated carbocycles. The second-order valence-electron chi connectivity index (χ2n) is 3.79. The Balaban J connectivity index is 2.52. The van der Waals surface area contributed by atoms with Crippen LogP contribution in [0.25, 0.3) is 11.3 Å². The Hall–Kier alpha value is -1.52. The zero-order valence-corrected chi connectivity index (χ0v) is 10.8. The Bertz CT molecular complexity index is 562. The minimum absolute atomic E-state index is 0.266. The van der Waals surface area contributed by atoms with Crippen LogP contribution < -0.4 is 0 Å². The predicted molar refractivity (Wildman–Crippen MR) is 67.9 cm³/mol. The molecule has 0 radical (unpaired) electrons. The Morgan fingerprint density at radius 1 is 1.28 bits per heavy atom. The van der Waals surface area contributed by atoms with Gasteiger partial charge in [0.1, 0.15) is 17.1 Å². The highest BCUT2D eigenvalue weighted by Gasteiger charge is 2.13. The summed E-state index contributed by atoms with van der Waals surface area (Å²) in [6.07, 6.45) is -0.297. The first kappa shape index (κ1) is 12.9. The molecule has 0 fully saturated rings. The standard InChI is InChI=1S/C13H12ClFN2O/c1-8(18-2)13-16-11(7-12(14)17-13)9-5-3-4-6-10(9)15/h3-8H,1-2H3/t8-/m1/s1. The van der Waals surface area contributed by atoms with Crippen molar-refractivity contribution in [2.75, 3.05) is 7.11 Å². The number of ether oxygens (including phenoxy) is 1. The van der Waals surface area contributed by atoms with Crippen LogP contribution in [0.2, 0.25) is 5.15 Å². The highest BCUT2D eigenvalue weighted by Crippen LogP contribution is 2.24. The first-order valence-corrected chi connectivity index (χ1v) is 5.82. The summed E-state index contributed by atoms with van der Waals surface area (Å²) >= 11 is 5.92. The van der Waals surface area contributed by atoms with Crippen molar-refractivity contribution in [1.29, 1.82) is 0 Å². The number of aromatic nitrogens is 2. The molecule has 0 aliphatic heterocycles. The van der Waals surface area contributed by atoms with Gasteiger partial charge in [-0.25, -0.2) is 14.4 Å². The van der Waals surface area contributed by atoms with Crippen LogP contribution in [0.15, 0.2) is 30.3 Å². The van der Waals surface area contributed by atoms with Crippen molar-refractivity contribution >= 4 is 11.6 Å². The Kier molecular flexibility index (Phi) is 3.89. The van der Waals surface area contributed by atoms with Crippen molar-refractivity contribution in [3.8, 4) is 11.3 Å². The van der Waals surface area contributed by atoms with Crippen molar-refractivity contribution in [2.24, 2.45) is 0 Å². The normalized spacial score (nSPS) is 12.4. The van der Waals surface area contributed by atoms with Crippen molar-refractivity contribution in [1.82, 2.24) is 9.97 Å². The van der Waals surface area contributed by atoms with E-state index in [-0.39, 0.29) is 17.1 Å². The third-order valence-corrected chi connectivity index (χ3v) is 2.77. The van der Waals surface area contributed by atoms with Crippen LogP contribution >= 0.6 is 11.6 Å². The summed E-state index contributed by atoms with van der Waals surface area (Å²) in [6.45, 7) is 1.80. The quantitative estimate of drug-likeness (QED) is 0.796. The fourth-order valence-corrected chi connectivity index (χ4v) is 1.72. The lowest BCUT2D eigenvalue weighted by molar-refractivity contribution is 0.112. The highest BCUT2D eigenvalue weighted by molar-refractivity contribution is 6.29. The Morgan fingerprint density at radius 3 is 2.67 bits per heavy atom. The van der Waals surface area contributed by atoms with Gasteiger partial charge in [-0.3, -0.25) is 0 Å². The van der Waals surface area contributed by atoms with Crippen LogP contribution in [0.1, 0.15) is 18.9 Å². The van der Waals surface area contributed by atoms with E-state index < -0.39 is 0 Å². The third-order valence-electron chi connectivity index (χ3n) is 2.58. The topological polar surface area (TPSA) is 35.0 Å². The monoisotopic (exact) mass is 266 g/mol. The number of hydrogen-bond acceptors (Lipinski definition) is 3. The van der Waals surface area contributed by atoms with Gasteiger partial charge >= 0.3 is 0 Å². The number of methoxy groups -OCH3 is 1. The van der Waals surface area contributed by atoms with E-state index in [1.165, 1.54) is 12.1 Å². The molecule has 94 valence electrons. The van der Waals surface area contributed by atoms with E-state index in [0.29, 0.717) is 17.1 Å². The largest absolute Gasteiger partial charge is 0.374 e. The van der Waals surface area contributed by atoms with E-state index in [1.54, 1.807) is 32.2 Å². The van der Waals surface area contributed by atoms with E-state index in [2.05, 4.69) is 9.97 Å². The minimum atomic E-state index is -0.344. The highest BCUT2D eigenvalue weighted by atomic mass is 35.5. The molecule has 2 aromatic rings. The molecule has 0 saturated heterocycles. The van der Waals surface area contributed by atoms with E-state index >= 15 is 0 Å². The molecule has 5 heteroatoms. The van der Waals surface area contributed by atoms with Crippen molar-refractivity contribution in [3.63, 3.8) is 0 Å². The molecule has 2 rings (SSSR count). The van der Waals surface area contributed by atoms with Crippen molar-refractivity contribution in [3.05, 3.63) is 47.1 Å². The van der Waals surface area contributed by atoms with Gasteiger partial charge in [0.2, 0.25) is 0 Å². The lowest BCUT2D eigenvalue weighted by atomic mass is 10.1. The van der Waals surface area contributed by atoms with Crippen molar-refractivity contribution in [2.45, 2.75) is 13.0 Å². The number of hydrogen-bond donors (Lipinski definition) is 0. The predicted octanol–water partition coefficient (Wildman–Crippen LogP) is 3.64. The smallest absolute Gasteiger partial charge is 0.159 e. The Labute approximate surface area is 110 Å². The van der Waals surface area contributed by atoms with Gasteiger partial charge in [-0.2, -0.15) is 0 Å². The summed E-state index contributed by atoms with van der Waals surface area (Å²) < 4.78 is 18.8. The van der Waals surface area contributed by atoms with Crippen LogP contribution in [0.5, 0.6) is 0 Å². The van der Waals surface area contributed by atoms with E-state index in [0.717, 1.165) is 0 Å². The zero-order chi connectivity index (χ0) is 13.1. The number of rotatable bonds is 3. The lowest BCUT2D eigenvalue weighted by Crippen LogP contribution is -2.04. The minimum Gasteiger partial charge on any atom is -0.374 e. The van der Waals surface area contributed by atoms with Gasteiger partial charge < -0.3 is 4.74 Å². The van der Waals surface area contributed by atoms with Gasteiger partial charge in [0.05, 0.1) is 5.69 Å². The molecule has 0 unspecified atom stereocenters. The molecule has 0 aliphatic rings. The summed E-state index contributed by atoms with van der Waals surface area (Å²) in [5, 5.41) is 0.266. The lowest BCUT2D eigenvalue weighted by Gasteiger charge is -2.10. The number of nitrogens with zero attached hydrogens (tertiary/aromatic N) is 2. The average Bonchev–Trinajstić information content (AvgIpc) is 2.37. The molecule has 1 aromatic heterocycles. The fraction of sp³-hybridized carbons (Fsp3) is 0.231. The van der Waals surface area contributed by atoms with Gasteiger partial charge in [-0.05, 0) is 19.1 Å². The maximum atomic E-state index is 13.7. The van der Waals surface area contributed by atoms with Gasteiger partial charge in [0, 0.05) is 18.7 Å². The molecule has 18 heavy (non-hydrogen) atoms.